The van der Waals surface area contributed by atoms with Gasteiger partial charge in [-0.2, -0.15) is 9.97 Å². The molecule has 4 rings (SSSR count). The van der Waals surface area contributed by atoms with Gasteiger partial charge in [-0.1, -0.05) is 31.2 Å². The van der Waals surface area contributed by atoms with Crippen LogP contribution in [0.5, 0.6) is 0 Å². The van der Waals surface area contributed by atoms with Crippen molar-refractivity contribution < 1.29 is 0 Å². The monoisotopic (exact) mass is 387 g/mol. The summed E-state index contributed by atoms with van der Waals surface area (Å²) < 4.78 is 1.98. The van der Waals surface area contributed by atoms with Gasteiger partial charge in [-0.25, -0.2) is 4.98 Å². The summed E-state index contributed by atoms with van der Waals surface area (Å²) in [5.41, 5.74) is 4.57. The van der Waals surface area contributed by atoms with E-state index >= 15 is 0 Å². The van der Waals surface area contributed by atoms with Crippen LogP contribution in [0.25, 0.3) is 16.9 Å². The second kappa shape index (κ2) is 8.18. The standard InChI is InChI=1S/C22H25N7/c1-4-13-23-20-19-21(29(15-24-19)17-10-6-5-7-11-17)27-22(26-20)25-16-9-8-12-18(14-16)28(2)3/h5-12,14-15H,4,13H2,1-3H3,(H2,23,25,26,27). The quantitative estimate of drug-likeness (QED) is 0.488. The molecule has 0 aliphatic heterocycles. The SMILES string of the molecule is CCCNc1nc(Nc2cccc(N(C)C)c2)nc2c1ncn2-c1ccccc1. The van der Waals surface area contributed by atoms with E-state index in [1.807, 2.05) is 61.1 Å². The van der Waals surface area contributed by atoms with Crippen LogP contribution in [0.3, 0.4) is 0 Å². The van der Waals surface area contributed by atoms with Crippen LogP contribution >= 0.6 is 0 Å². The molecule has 0 unspecified atom stereocenters. The number of fused-ring (bicyclic) bond motifs is 1. The third-order valence-corrected chi connectivity index (χ3v) is 4.59. The van der Waals surface area contributed by atoms with E-state index in [4.69, 9.17) is 9.97 Å². The lowest BCUT2D eigenvalue weighted by Crippen LogP contribution is -2.09. The van der Waals surface area contributed by atoms with E-state index in [2.05, 4.69) is 39.6 Å². The zero-order valence-electron chi connectivity index (χ0n) is 16.9. The Hall–Kier alpha value is -3.61. The number of nitrogens with zero attached hydrogens (tertiary/aromatic N) is 5. The summed E-state index contributed by atoms with van der Waals surface area (Å²) in [6.45, 7) is 2.94. The van der Waals surface area contributed by atoms with Gasteiger partial charge < -0.3 is 15.5 Å². The Morgan fingerprint density at radius 3 is 2.59 bits per heavy atom. The predicted octanol–water partition coefficient (Wildman–Crippen LogP) is 4.45. The average molecular weight is 387 g/mol. The summed E-state index contributed by atoms with van der Waals surface area (Å²) in [6.07, 6.45) is 2.79. The summed E-state index contributed by atoms with van der Waals surface area (Å²) in [5, 5.41) is 6.73. The fraction of sp³-hybridized carbons (Fsp3) is 0.227. The lowest BCUT2D eigenvalue weighted by Gasteiger charge is -2.14. The highest BCUT2D eigenvalue weighted by molar-refractivity contribution is 5.86. The van der Waals surface area contributed by atoms with Crippen molar-refractivity contribution in [2.75, 3.05) is 36.2 Å². The Morgan fingerprint density at radius 2 is 1.83 bits per heavy atom. The normalized spacial score (nSPS) is 10.9. The van der Waals surface area contributed by atoms with Crippen molar-refractivity contribution in [1.82, 2.24) is 19.5 Å². The van der Waals surface area contributed by atoms with Gasteiger partial charge in [-0.3, -0.25) is 4.57 Å². The molecule has 0 atom stereocenters. The molecule has 0 spiro atoms. The van der Waals surface area contributed by atoms with Crippen molar-refractivity contribution in [3.63, 3.8) is 0 Å². The van der Waals surface area contributed by atoms with E-state index < -0.39 is 0 Å². The van der Waals surface area contributed by atoms with E-state index in [9.17, 15) is 0 Å². The predicted molar refractivity (Wildman–Crippen MR) is 119 cm³/mol. The van der Waals surface area contributed by atoms with Gasteiger partial charge in [-0.15, -0.1) is 0 Å². The number of para-hydroxylation sites is 1. The van der Waals surface area contributed by atoms with Crippen LogP contribution in [-0.2, 0) is 0 Å². The highest BCUT2D eigenvalue weighted by Gasteiger charge is 2.14. The first-order chi connectivity index (χ1) is 14.2. The molecule has 2 aromatic carbocycles. The van der Waals surface area contributed by atoms with Gasteiger partial charge in [0.25, 0.3) is 0 Å². The number of nitrogens with one attached hydrogen (secondary N) is 2. The lowest BCUT2D eigenvalue weighted by atomic mass is 10.2. The maximum Gasteiger partial charge on any atom is 0.231 e. The molecule has 0 aliphatic carbocycles. The molecule has 4 aromatic rings. The molecule has 0 amide bonds. The van der Waals surface area contributed by atoms with Gasteiger partial charge in [0.2, 0.25) is 5.95 Å². The summed E-state index contributed by atoms with van der Waals surface area (Å²) in [6, 6.07) is 18.2. The van der Waals surface area contributed by atoms with Crippen molar-refractivity contribution in [3.8, 4) is 5.69 Å². The van der Waals surface area contributed by atoms with Crippen molar-refractivity contribution in [2.45, 2.75) is 13.3 Å². The Balaban J connectivity index is 1.78. The van der Waals surface area contributed by atoms with E-state index in [1.165, 1.54) is 0 Å². The number of rotatable bonds is 7. The Labute approximate surface area is 170 Å². The number of hydrogen-bond donors (Lipinski definition) is 2. The summed E-state index contributed by atoms with van der Waals surface area (Å²) in [5.74, 6) is 1.27. The van der Waals surface area contributed by atoms with E-state index in [-0.39, 0.29) is 0 Å². The highest BCUT2D eigenvalue weighted by Crippen LogP contribution is 2.26. The summed E-state index contributed by atoms with van der Waals surface area (Å²) >= 11 is 0. The van der Waals surface area contributed by atoms with Crippen LogP contribution < -0.4 is 15.5 Å². The van der Waals surface area contributed by atoms with Crippen molar-refractivity contribution in [2.24, 2.45) is 0 Å². The fourth-order valence-corrected chi connectivity index (χ4v) is 3.09. The Kier molecular flexibility index (Phi) is 5.29. The van der Waals surface area contributed by atoms with E-state index in [1.54, 1.807) is 6.33 Å². The molecule has 0 saturated carbocycles. The summed E-state index contributed by atoms with van der Waals surface area (Å²) in [4.78, 5) is 16.1. The first-order valence-corrected chi connectivity index (χ1v) is 9.74. The first kappa shape index (κ1) is 18.7. The molecular weight excluding hydrogens is 362 g/mol. The molecule has 2 heterocycles. The average Bonchev–Trinajstić information content (AvgIpc) is 3.17. The molecule has 0 saturated heterocycles. The second-order valence-corrected chi connectivity index (χ2v) is 7.01. The lowest BCUT2D eigenvalue weighted by molar-refractivity contribution is 0.968. The molecular formula is C22H25N7. The molecule has 148 valence electrons. The van der Waals surface area contributed by atoms with Gasteiger partial charge in [0.1, 0.15) is 6.33 Å². The van der Waals surface area contributed by atoms with Crippen LogP contribution in [0.15, 0.2) is 60.9 Å². The smallest absolute Gasteiger partial charge is 0.231 e. The maximum atomic E-state index is 4.77. The molecule has 7 nitrogen and oxygen atoms in total. The molecule has 0 fully saturated rings. The third-order valence-electron chi connectivity index (χ3n) is 4.59. The van der Waals surface area contributed by atoms with Crippen LogP contribution in [-0.4, -0.2) is 40.2 Å². The van der Waals surface area contributed by atoms with Gasteiger partial charge in [0.15, 0.2) is 17.0 Å². The van der Waals surface area contributed by atoms with Gasteiger partial charge in [-0.05, 0) is 36.8 Å². The molecule has 2 N–H and O–H groups in total. The van der Waals surface area contributed by atoms with E-state index in [0.717, 1.165) is 47.0 Å². The van der Waals surface area contributed by atoms with E-state index in [0.29, 0.717) is 5.95 Å². The van der Waals surface area contributed by atoms with Crippen molar-refractivity contribution in [1.29, 1.82) is 0 Å². The van der Waals surface area contributed by atoms with Crippen LogP contribution in [0.1, 0.15) is 13.3 Å². The largest absolute Gasteiger partial charge is 0.378 e. The second-order valence-electron chi connectivity index (χ2n) is 7.01. The first-order valence-electron chi connectivity index (χ1n) is 9.74. The van der Waals surface area contributed by atoms with Crippen LogP contribution in [0.4, 0.5) is 23.1 Å². The number of anilines is 4. The van der Waals surface area contributed by atoms with Crippen molar-refractivity contribution >= 4 is 34.3 Å². The third kappa shape index (κ3) is 3.99. The zero-order valence-corrected chi connectivity index (χ0v) is 16.9. The number of aromatic nitrogens is 4. The van der Waals surface area contributed by atoms with Gasteiger partial charge >= 0.3 is 0 Å². The fourth-order valence-electron chi connectivity index (χ4n) is 3.09. The maximum absolute atomic E-state index is 4.77. The minimum absolute atomic E-state index is 0.532. The molecule has 7 heteroatoms. The van der Waals surface area contributed by atoms with Crippen LogP contribution in [0.2, 0.25) is 0 Å². The minimum Gasteiger partial charge on any atom is -0.378 e. The molecule has 0 bridgehead atoms. The van der Waals surface area contributed by atoms with Gasteiger partial charge in [0, 0.05) is 37.7 Å². The summed E-state index contributed by atoms with van der Waals surface area (Å²) in [7, 11) is 4.04. The molecule has 0 radical (unpaired) electrons. The van der Waals surface area contributed by atoms with Gasteiger partial charge in [0.05, 0.1) is 0 Å². The Bertz CT molecular complexity index is 1100. The zero-order chi connectivity index (χ0) is 20.2. The number of benzene rings is 2. The molecule has 29 heavy (non-hydrogen) atoms. The van der Waals surface area contributed by atoms with Crippen LogP contribution in [0, 0.1) is 0 Å². The highest BCUT2D eigenvalue weighted by atomic mass is 15.2. The molecule has 2 aromatic heterocycles. The number of hydrogen-bond acceptors (Lipinski definition) is 6. The number of imidazole rings is 1. The van der Waals surface area contributed by atoms with Crippen molar-refractivity contribution in [3.05, 3.63) is 60.9 Å². The topological polar surface area (TPSA) is 70.9 Å². The Morgan fingerprint density at radius 1 is 1.00 bits per heavy atom. The minimum atomic E-state index is 0.532. The molecule has 0 aliphatic rings.